The van der Waals surface area contributed by atoms with Crippen LogP contribution in [-0.2, 0) is 14.3 Å². The molecule has 1 heterocycles. The van der Waals surface area contributed by atoms with Crippen LogP contribution in [0.2, 0.25) is 0 Å². The zero-order chi connectivity index (χ0) is 23.5. The first kappa shape index (κ1) is 24.9. The van der Waals surface area contributed by atoms with Gasteiger partial charge >= 0.3 is 0 Å². The summed E-state index contributed by atoms with van der Waals surface area (Å²) in [7, 11) is 0. The van der Waals surface area contributed by atoms with Gasteiger partial charge in [-0.3, -0.25) is 14.4 Å². The number of benzene rings is 1. The topological polar surface area (TPSA) is 87.7 Å². The zero-order valence-corrected chi connectivity index (χ0v) is 19.9. The summed E-state index contributed by atoms with van der Waals surface area (Å²) in [5, 5.41) is 7.67. The quantitative estimate of drug-likeness (QED) is 0.464. The highest BCUT2D eigenvalue weighted by Gasteiger charge is 2.32. The number of hydrogen-bond donors (Lipinski definition) is 2. The molecule has 0 radical (unpaired) electrons. The SMILES string of the molecule is CCOCCCN(C(=O)CNC(=O)c1cccs1)C(C(=O)NC1CCCC1)c1ccccc1. The van der Waals surface area contributed by atoms with Crippen molar-refractivity contribution in [3.8, 4) is 0 Å². The molecule has 1 fully saturated rings. The molecule has 0 bridgehead atoms. The third-order valence-corrected chi connectivity index (χ3v) is 6.60. The third-order valence-electron chi connectivity index (χ3n) is 5.73. The van der Waals surface area contributed by atoms with Gasteiger partial charge in [0.1, 0.15) is 6.04 Å². The molecule has 33 heavy (non-hydrogen) atoms. The van der Waals surface area contributed by atoms with E-state index in [1.165, 1.54) is 11.3 Å². The van der Waals surface area contributed by atoms with Crippen molar-refractivity contribution in [2.45, 2.75) is 51.1 Å². The van der Waals surface area contributed by atoms with Crippen molar-refractivity contribution in [3.63, 3.8) is 0 Å². The highest BCUT2D eigenvalue weighted by atomic mass is 32.1. The molecule has 1 aromatic heterocycles. The summed E-state index contributed by atoms with van der Waals surface area (Å²) in [6.07, 6.45) is 4.72. The van der Waals surface area contributed by atoms with Gasteiger partial charge in [0.2, 0.25) is 11.8 Å². The van der Waals surface area contributed by atoms with Crippen LogP contribution in [0.1, 0.15) is 60.3 Å². The van der Waals surface area contributed by atoms with E-state index in [9.17, 15) is 14.4 Å². The first-order chi connectivity index (χ1) is 16.1. The fourth-order valence-electron chi connectivity index (χ4n) is 4.09. The number of nitrogens with one attached hydrogen (secondary N) is 2. The maximum absolute atomic E-state index is 13.4. The minimum atomic E-state index is -0.764. The number of nitrogens with zero attached hydrogens (tertiary/aromatic N) is 1. The van der Waals surface area contributed by atoms with Crippen molar-refractivity contribution in [2.24, 2.45) is 0 Å². The Bertz CT molecular complexity index is 882. The van der Waals surface area contributed by atoms with Crippen molar-refractivity contribution in [1.82, 2.24) is 15.5 Å². The van der Waals surface area contributed by atoms with Crippen molar-refractivity contribution < 1.29 is 19.1 Å². The molecule has 1 atom stereocenters. The minimum Gasteiger partial charge on any atom is -0.382 e. The van der Waals surface area contributed by atoms with Crippen LogP contribution in [-0.4, -0.2) is 55.0 Å². The molecule has 1 aliphatic rings. The summed E-state index contributed by atoms with van der Waals surface area (Å²) in [5.74, 6) is -0.770. The summed E-state index contributed by atoms with van der Waals surface area (Å²) >= 11 is 1.32. The van der Waals surface area contributed by atoms with Crippen LogP contribution in [0, 0.1) is 0 Å². The molecule has 1 saturated carbocycles. The molecule has 1 unspecified atom stereocenters. The molecule has 7 nitrogen and oxygen atoms in total. The first-order valence-corrected chi connectivity index (χ1v) is 12.5. The number of ether oxygens (including phenoxy) is 1. The zero-order valence-electron chi connectivity index (χ0n) is 19.1. The fourth-order valence-corrected chi connectivity index (χ4v) is 4.73. The van der Waals surface area contributed by atoms with E-state index in [0.717, 1.165) is 31.2 Å². The maximum Gasteiger partial charge on any atom is 0.261 e. The molecule has 0 aliphatic heterocycles. The lowest BCUT2D eigenvalue weighted by Crippen LogP contribution is -2.49. The van der Waals surface area contributed by atoms with E-state index in [2.05, 4.69) is 10.6 Å². The summed E-state index contributed by atoms with van der Waals surface area (Å²) in [4.78, 5) is 41.3. The van der Waals surface area contributed by atoms with E-state index in [4.69, 9.17) is 4.74 Å². The number of rotatable bonds is 12. The average molecular weight is 472 g/mol. The van der Waals surface area contributed by atoms with Gasteiger partial charge in [0.15, 0.2) is 0 Å². The van der Waals surface area contributed by atoms with E-state index in [1.54, 1.807) is 17.0 Å². The van der Waals surface area contributed by atoms with Gasteiger partial charge in [-0.2, -0.15) is 0 Å². The number of carbonyl (C=O) groups is 3. The lowest BCUT2D eigenvalue weighted by Gasteiger charge is -2.32. The molecule has 2 aromatic rings. The Morgan fingerprint density at radius 2 is 1.88 bits per heavy atom. The van der Waals surface area contributed by atoms with Gasteiger partial charge < -0.3 is 20.3 Å². The van der Waals surface area contributed by atoms with E-state index < -0.39 is 6.04 Å². The Labute approximate surface area is 199 Å². The van der Waals surface area contributed by atoms with Crippen LogP contribution in [0.5, 0.6) is 0 Å². The van der Waals surface area contributed by atoms with Crippen LogP contribution in [0.4, 0.5) is 0 Å². The Hall–Kier alpha value is -2.71. The van der Waals surface area contributed by atoms with Crippen LogP contribution in [0.3, 0.4) is 0 Å². The van der Waals surface area contributed by atoms with E-state index in [0.29, 0.717) is 31.1 Å². The number of hydrogen-bond acceptors (Lipinski definition) is 5. The second-order valence-electron chi connectivity index (χ2n) is 8.10. The average Bonchev–Trinajstić information content (AvgIpc) is 3.54. The molecule has 8 heteroatoms. The van der Waals surface area contributed by atoms with Crippen LogP contribution >= 0.6 is 11.3 Å². The van der Waals surface area contributed by atoms with Gasteiger partial charge in [-0.25, -0.2) is 0 Å². The van der Waals surface area contributed by atoms with Crippen molar-refractivity contribution in [2.75, 3.05) is 26.3 Å². The van der Waals surface area contributed by atoms with E-state index >= 15 is 0 Å². The van der Waals surface area contributed by atoms with Crippen molar-refractivity contribution >= 4 is 29.1 Å². The summed E-state index contributed by atoms with van der Waals surface area (Å²) in [6, 6.07) is 12.2. The Morgan fingerprint density at radius 3 is 2.55 bits per heavy atom. The summed E-state index contributed by atoms with van der Waals surface area (Å²) in [6.45, 7) is 3.18. The minimum absolute atomic E-state index is 0.141. The Balaban J connectivity index is 1.78. The first-order valence-electron chi connectivity index (χ1n) is 11.6. The molecule has 3 rings (SSSR count). The van der Waals surface area contributed by atoms with Gasteiger partial charge in [0, 0.05) is 25.8 Å². The van der Waals surface area contributed by atoms with E-state index in [-0.39, 0.29) is 30.3 Å². The predicted molar refractivity (Wildman–Crippen MR) is 129 cm³/mol. The van der Waals surface area contributed by atoms with Gasteiger partial charge in [0.25, 0.3) is 5.91 Å². The summed E-state index contributed by atoms with van der Waals surface area (Å²) < 4.78 is 5.46. The molecular weight excluding hydrogens is 438 g/mol. The van der Waals surface area contributed by atoms with Crippen LogP contribution in [0.15, 0.2) is 47.8 Å². The second-order valence-corrected chi connectivity index (χ2v) is 9.05. The highest BCUT2D eigenvalue weighted by molar-refractivity contribution is 7.12. The maximum atomic E-state index is 13.4. The lowest BCUT2D eigenvalue weighted by atomic mass is 10.0. The third kappa shape index (κ3) is 7.40. The molecule has 2 N–H and O–H groups in total. The van der Waals surface area contributed by atoms with Gasteiger partial charge in [-0.05, 0) is 43.2 Å². The van der Waals surface area contributed by atoms with Crippen LogP contribution < -0.4 is 10.6 Å². The number of carbonyl (C=O) groups excluding carboxylic acids is 3. The Kier molecular flexibility index (Phi) is 9.90. The predicted octanol–water partition coefficient (Wildman–Crippen LogP) is 3.53. The molecule has 178 valence electrons. The molecule has 1 aromatic carbocycles. The molecule has 0 spiro atoms. The standard InChI is InChI=1S/C25H33N3O4S/c1-2-32-16-9-15-28(22(29)18-26-24(30)21-14-8-17-33-21)23(19-10-4-3-5-11-19)25(31)27-20-12-6-7-13-20/h3-5,8,10-11,14,17,20,23H,2,6-7,9,12-13,15-16,18H2,1H3,(H,26,30)(H,27,31). The number of amides is 3. The van der Waals surface area contributed by atoms with Crippen molar-refractivity contribution in [3.05, 3.63) is 58.3 Å². The monoisotopic (exact) mass is 471 g/mol. The fraction of sp³-hybridized carbons (Fsp3) is 0.480. The van der Waals surface area contributed by atoms with Gasteiger partial charge in [0.05, 0.1) is 11.4 Å². The summed E-state index contributed by atoms with van der Waals surface area (Å²) in [5.41, 5.74) is 0.752. The largest absolute Gasteiger partial charge is 0.382 e. The normalized spacial score (nSPS) is 14.6. The van der Waals surface area contributed by atoms with Crippen molar-refractivity contribution in [1.29, 1.82) is 0 Å². The lowest BCUT2D eigenvalue weighted by molar-refractivity contribution is -0.140. The molecule has 3 amide bonds. The van der Waals surface area contributed by atoms with E-state index in [1.807, 2.05) is 42.6 Å². The highest BCUT2D eigenvalue weighted by Crippen LogP contribution is 2.24. The molecule has 1 aliphatic carbocycles. The second kappa shape index (κ2) is 13.1. The Morgan fingerprint density at radius 1 is 1.12 bits per heavy atom. The molecule has 0 saturated heterocycles. The van der Waals surface area contributed by atoms with Crippen LogP contribution in [0.25, 0.3) is 0 Å². The van der Waals surface area contributed by atoms with Gasteiger partial charge in [-0.15, -0.1) is 11.3 Å². The number of thiophene rings is 1. The van der Waals surface area contributed by atoms with Gasteiger partial charge in [-0.1, -0.05) is 49.2 Å². The smallest absolute Gasteiger partial charge is 0.261 e. The molecular formula is C25H33N3O4S.